The highest BCUT2D eigenvalue weighted by molar-refractivity contribution is 5.70. The van der Waals surface area contributed by atoms with E-state index < -0.39 is 0 Å². The lowest BCUT2D eigenvalue weighted by Crippen LogP contribution is -2.35. The summed E-state index contributed by atoms with van der Waals surface area (Å²) in [5.74, 6) is 1.32. The summed E-state index contributed by atoms with van der Waals surface area (Å²) < 4.78 is 6.88. The maximum Gasteiger partial charge on any atom is 0.223 e. The van der Waals surface area contributed by atoms with E-state index in [0.29, 0.717) is 17.2 Å². The van der Waals surface area contributed by atoms with Gasteiger partial charge >= 0.3 is 0 Å². The van der Waals surface area contributed by atoms with Gasteiger partial charge in [0.15, 0.2) is 11.4 Å². The van der Waals surface area contributed by atoms with Gasteiger partial charge in [0.25, 0.3) is 0 Å². The van der Waals surface area contributed by atoms with Crippen molar-refractivity contribution < 1.29 is 9.52 Å². The molecule has 0 aliphatic carbocycles. The van der Waals surface area contributed by atoms with E-state index in [1.807, 2.05) is 18.2 Å². The van der Waals surface area contributed by atoms with Gasteiger partial charge in [-0.1, -0.05) is 12.1 Å². The molecule has 0 saturated carbocycles. The van der Waals surface area contributed by atoms with Gasteiger partial charge in [-0.15, -0.1) is 5.10 Å². The molecule has 142 valence electrons. The smallest absolute Gasteiger partial charge is 0.223 e. The summed E-state index contributed by atoms with van der Waals surface area (Å²) in [6.45, 7) is 1.69. The van der Waals surface area contributed by atoms with Crippen molar-refractivity contribution in [2.24, 2.45) is 0 Å². The minimum atomic E-state index is -0.195. The van der Waals surface area contributed by atoms with Gasteiger partial charge in [-0.05, 0) is 37.1 Å². The molecule has 1 aliphatic heterocycles. The van der Waals surface area contributed by atoms with Gasteiger partial charge in [0.05, 0.1) is 18.1 Å². The molecule has 0 amide bonds. The van der Waals surface area contributed by atoms with Gasteiger partial charge in [0, 0.05) is 30.4 Å². The van der Waals surface area contributed by atoms with E-state index in [1.54, 1.807) is 18.4 Å². The van der Waals surface area contributed by atoms with E-state index in [2.05, 4.69) is 32.1 Å². The molecule has 1 aliphatic rings. The van der Waals surface area contributed by atoms with Crippen molar-refractivity contribution in [3.05, 3.63) is 48.7 Å². The molecule has 28 heavy (non-hydrogen) atoms. The summed E-state index contributed by atoms with van der Waals surface area (Å²) in [6.07, 6.45) is 2.96. The average Bonchev–Trinajstić information content (AvgIpc) is 3.38. The van der Waals surface area contributed by atoms with Crippen LogP contribution < -0.4 is 10.6 Å². The summed E-state index contributed by atoms with van der Waals surface area (Å²) in [5.41, 5.74) is 9.56. The van der Waals surface area contributed by atoms with Crippen LogP contribution in [0.25, 0.3) is 28.5 Å². The number of rotatable bonds is 3. The number of aliphatic hydroxyl groups is 1. The zero-order chi connectivity index (χ0) is 19.1. The fourth-order valence-corrected chi connectivity index (χ4v) is 3.56. The second-order valence-corrected chi connectivity index (χ2v) is 6.95. The molecular weight excluding hydrogens is 356 g/mol. The van der Waals surface area contributed by atoms with Gasteiger partial charge < -0.3 is 20.2 Å². The first-order valence-electron chi connectivity index (χ1n) is 9.28. The van der Waals surface area contributed by atoms with Gasteiger partial charge in [-0.3, -0.25) is 0 Å². The van der Waals surface area contributed by atoms with E-state index in [4.69, 9.17) is 10.2 Å². The zero-order valence-corrected chi connectivity index (χ0v) is 15.2. The molecule has 3 N–H and O–H groups in total. The zero-order valence-electron chi connectivity index (χ0n) is 15.2. The number of hydrogen-bond acceptors (Lipinski definition) is 7. The Bertz CT molecular complexity index is 1110. The Morgan fingerprint density at radius 1 is 1.07 bits per heavy atom. The number of hydrogen-bond donors (Lipinski definition) is 2. The third-order valence-electron chi connectivity index (χ3n) is 5.06. The minimum Gasteiger partial charge on any atom is -0.461 e. The van der Waals surface area contributed by atoms with E-state index >= 15 is 0 Å². The number of aliphatic hydroxyl groups excluding tert-OH is 1. The van der Waals surface area contributed by atoms with E-state index in [1.165, 1.54) is 4.52 Å². The first kappa shape index (κ1) is 16.8. The Kier molecular flexibility index (Phi) is 3.98. The van der Waals surface area contributed by atoms with Crippen LogP contribution in [0.1, 0.15) is 12.8 Å². The molecule has 0 atom stereocenters. The van der Waals surface area contributed by atoms with Gasteiger partial charge in [0.1, 0.15) is 0 Å². The van der Waals surface area contributed by atoms with Crippen LogP contribution in [0.15, 0.2) is 53.1 Å². The van der Waals surface area contributed by atoms with E-state index in [0.717, 1.165) is 42.9 Å². The number of benzene rings is 1. The monoisotopic (exact) mass is 376 g/mol. The number of fused-ring (bicyclic) bond motifs is 1. The highest BCUT2D eigenvalue weighted by Crippen LogP contribution is 2.27. The number of aromatic nitrogens is 4. The Labute approximate surface area is 161 Å². The number of furan rings is 1. The number of piperidine rings is 1. The molecule has 4 heterocycles. The van der Waals surface area contributed by atoms with Gasteiger partial charge in [0.2, 0.25) is 11.8 Å². The molecule has 1 fully saturated rings. The molecule has 1 saturated heterocycles. The summed E-state index contributed by atoms with van der Waals surface area (Å²) in [5, 5.41) is 14.1. The van der Waals surface area contributed by atoms with E-state index in [-0.39, 0.29) is 12.1 Å². The van der Waals surface area contributed by atoms with Crippen molar-refractivity contribution >= 4 is 17.3 Å². The lowest BCUT2D eigenvalue weighted by molar-refractivity contribution is 0.145. The number of nitrogens with zero attached hydrogens (tertiary/aromatic N) is 5. The van der Waals surface area contributed by atoms with Crippen LogP contribution in [0.5, 0.6) is 0 Å². The molecule has 0 unspecified atom stereocenters. The van der Waals surface area contributed by atoms with Crippen molar-refractivity contribution in [2.75, 3.05) is 23.7 Å². The normalized spacial score (nSPS) is 15.4. The molecule has 0 bridgehead atoms. The number of anilines is 2. The third kappa shape index (κ3) is 2.97. The molecule has 5 rings (SSSR count). The van der Waals surface area contributed by atoms with Crippen LogP contribution >= 0.6 is 0 Å². The molecule has 3 aromatic heterocycles. The van der Waals surface area contributed by atoms with Crippen molar-refractivity contribution in [1.29, 1.82) is 0 Å². The topological polar surface area (TPSA) is 106 Å². The van der Waals surface area contributed by atoms with Crippen LogP contribution in [0.4, 0.5) is 11.6 Å². The molecule has 4 aromatic rings. The quantitative estimate of drug-likeness (QED) is 0.566. The Balaban J connectivity index is 1.51. The van der Waals surface area contributed by atoms with Crippen LogP contribution in [0.2, 0.25) is 0 Å². The lowest BCUT2D eigenvalue weighted by atomic mass is 10.1. The fraction of sp³-hybridized carbons (Fsp3) is 0.250. The maximum atomic E-state index is 9.74. The third-order valence-corrected chi connectivity index (χ3v) is 5.06. The Morgan fingerprint density at radius 3 is 2.71 bits per heavy atom. The summed E-state index contributed by atoms with van der Waals surface area (Å²) in [4.78, 5) is 11.3. The Hall–Kier alpha value is -3.39. The van der Waals surface area contributed by atoms with Crippen LogP contribution in [0.3, 0.4) is 0 Å². The predicted molar refractivity (Wildman–Crippen MR) is 106 cm³/mol. The van der Waals surface area contributed by atoms with Crippen LogP contribution in [-0.2, 0) is 0 Å². The summed E-state index contributed by atoms with van der Waals surface area (Å²) in [6, 6.07) is 13.7. The first-order chi connectivity index (χ1) is 13.7. The van der Waals surface area contributed by atoms with Crippen LogP contribution in [-0.4, -0.2) is 43.9 Å². The maximum absolute atomic E-state index is 9.74. The van der Waals surface area contributed by atoms with Crippen molar-refractivity contribution in [3.63, 3.8) is 0 Å². The van der Waals surface area contributed by atoms with E-state index in [9.17, 15) is 5.11 Å². The molecule has 8 heteroatoms. The molecule has 8 nitrogen and oxygen atoms in total. The largest absolute Gasteiger partial charge is 0.461 e. The van der Waals surface area contributed by atoms with Crippen molar-refractivity contribution in [2.45, 2.75) is 18.9 Å². The molecule has 1 aromatic carbocycles. The minimum absolute atomic E-state index is 0.195. The second-order valence-electron chi connectivity index (χ2n) is 6.95. The SMILES string of the molecule is Nc1nc(-c2cccc(N3CCC(O)CC3)c2)cc2nc(-c3ccco3)nn12. The highest BCUT2D eigenvalue weighted by atomic mass is 16.3. The highest BCUT2D eigenvalue weighted by Gasteiger charge is 2.18. The van der Waals surface area contributed by atoms with Crippen molar-refractivity contribution in [3.8, 4) is 22.8 Å². The Morgan fingerprint density at radius 2 is 1.93 bits per heavy atom. The molecule has 0 radical (unpaired) electrons. The average molecular weight is 376 g/mol. The molecular formula is C20H20N6O2. The number of nitrogens with two attached hydrogens (primary N) is 1. The van der Waals surface area contributed by atoms with Crippen LogP contribution in [0, 0.1) is 0 Å². The molecule has 0 spiro atoms. The second kappa shape index (κ2) is 6.65. The summed E-state index contributed by atoms with van der Waals surface area (Å²) >= 11 is 0. The fourth-order valence-electron chi connectivity index (χ4n) is 3.56. The van der Waals surface area contributed by atoms with Gasteiger partial charge in [-0.2, -0.15) is 4.52 Å². The first-order valence-corrected chi connectivity index (χ1v) is 9.28. The summed E-state index contributed by atoms with van der Waals surface area (Å²) in [7, 11) is 0. The standard InChI is InChI=1S/C20H20N6O2/c21-20-22-16(12-18-23-19(24-26(18)20)17-5-2-10-28-17)13-3-1-4-14(11-13)25-8-6-15(27)7-9-25/h1-5,10-12,15,27H,6-9H2,(H2,21,22). The number of nitrogen functional groups attached to an aromatic ring is 1. The van der Waals surface area contributed by atoms with Gasteiger partial charge in [-0.25, -0.2) is 9.97 Å². The predicted octanol–water partition coefficient (Wildman–Crippen LogP) is 2.59. The lowest BCUT2D eigenvalue weighted by Gasteiger charge is -2.31. The van der Waals surface area contributed by atoms with Crippen molar-refractivity contribution in [1.82, 2.24) is 19.6 Å².